The van der Waals surface area contributed by atoms with Crippen molar-refractivity contribution in [3.8, 4) is 0 Å². The fraction of sp³-hybridized carbons (Fsp3) is 0.650. The lowest BCUT2D eigenvalue weighted by atomic mass is 9.81. The second kappa shape index (κ2) is 9.63. The molecule has 0 aromatic heterocycles. The van der Waals surface area contributed by atoms with E-state index in [1.165, 1.54) is 0 Å². The average molecular weight is 460 g/mol. The topological polar surface area (TPSA) is 108 Å². The first-order valence-electron chi connectivity index (χ1n) is 9.57. The van der Waals surface area contributed by atoms with Gasteiger partial charge in [0.15, 0.2) is 0 Å². The maximum atomic E-state index is 14.8. The number of hydrogen-bond donors (Lipinski definition) is 5. The maximum Gasteiger partial charge on any atom is 0.237 e. The molecule has 6 nitrogen and oxygen atoms in total. The van der Waals surface area contributed by atoms with Gasteiger partial charge in [-0.15, -0.1) is 0 Å². The molecule has 1 aromatic rings. The van der Waals surface area contributed by atoms with E-state index in [1.807, 2.05) is 0 Å². The first-order chi connectivity index (χ1) is 13.0. The Balaban J connectivity index is 2.25. The Kier molecular flexibility index (Phi) is 7.98. The molecule has 5 atom stereocenters. The summed E-state index contributed by atoms with van der Waals surface area (Å²) >= 11 is 3.21. The molecule has 1 amide bonds. The van der Waals surface area contributed by atoms with Gasteiger partial charge in [0.2, 0.25) is 5.91 Å². The summed E-state index contributed by atoms with van der Waals surface area (Å²) in [5.74, 6) is -1.22. The van der Waals surface area contributed by atoms with E-state index in [0.29, 0.717) is 10.0 Å². The van der Waals surface area contributed by atoms with E-state index >= 15 is 0 Å². The van der Waals surface area contributed by atoms with Crippen LogP contribution in [0.15, 0.2) is 22.7 Å². The fourth-order valence-electron chi connectivity index (χ4n) is 3.74. The van der Waals surface area contributed by atoms with Gasteiger partial charge in [0, 0.05) is 24.5 Å². The number of amides is 1. The second-order valence-electron chi connectivity index (χ2n) is 8.68. The van der Waals surface area contributed by atoms with Gasteiger partial charge in [0.05, 0.1) is 23.2 Å². The molecule has 0 spiro atoms. The summed E-state index contributed by atoms with van der Waals surface area (Å²) in [5.41, 5.74) is 6.91. The van der Waals surface area contributed by atoms with E-state index in [-0.39, 0.29) is 36.9 Å². The molecule has 2 rings (SSSR count). The van der Waals surface area contributed by atoms with E-state index < -0.39 is 29.9 Å². The smallest absolute Gasteiger partial charge is 0.237 e. The average Bonchev–Trinajstić information content (AvgIpc) is 2.92. The molecule has 1 aliphatic heterocycles. The van der Waals surface area contributed by atoms with Crippen LogP contribution in [0.5, 0.6) is 0 Å². The van der Waals surface area contributed by atoms with Gasteiger partial charge in [-0.05, 0) is 45.8 Å². The van der Waals surface area contributed by atoms with E-state index in [2.05, 4.69) is 47.3 Å². The van der Waals surface area contributed by atoms with Gasteiger partial charge >= 0.3 is 0 Å². The Morgan fingerprint density at radius 3 is 2.71 bits per heavy atom. The Hall–Kier alpha value is -1.06. The number of aliphatic hydroxyl groups excluding tert-OH is 2. The molecule has 0 radical (unpaired) electrons. The largest absolute Gasteiger partial charge is 0.394 e. The Labute approximate surface area is 174 Å². The van der Waals surface area contributed by atoms with Crippen LogP contribution in [0.25, 0.3) is 0 Å². The molecule has 1 aliphatic rings. The SMILES string of the molecule is CC(C)(C)C[C@@H]1N[C@@H](C(=O)NCC[C@H](O)CO)[C@H](c2cccc(Br)c2F)C1N. The molecule has 1 fully saturated rings. The highest BCUT2D eigenvalue weighted by Crippen LogP contribution is 2.37. The highest BCUT2D eigenvalue weighted by molar-refractivity contribution is 9.10. The van der Waals surface area contributed by atoms with E-state index in [9.17, 15) is 14.3 Å². The van der Waals surface area contributed by atoms with Gasteiger partial charge < -0.3 is 26.6 Å². The zero-order chi connectivity index (χ0) is 21.1. The van der Waals surface area contributed by atoms with Gasteiger partial charge in [0.1, 0.15) is 5.82 Å². The summed E-state index contributed by atoms with van der Waals surface area (Å²) in [5, 5.41) is 24.4. The minimum absolute atomic E-state index is 0.00768. The summed E-state index contributed by atoms with van der Waals surface area (Å²) in [4.78, 5) is 12.8. The lowest BCUT2D eigenvalue weighted by Crippen LogP contribution is -2.46. The number of carbonyl (C=O) groups is 1. The van der Waals surface area contributed by atoms with Crippen molar-refractivity contribution in [2.24, 2.45) is 11.1 Å². The first kappa shape index (κ1) is 23.2. The van der Waals surface area contributed by atoms with Crippen molar-refractivity contribution in [1.29, 1.82) is 0 Å². The van der Waals surface area contributed by atoms with Gasteiger partial charge in [-0.3, -0.25) is 4.79 Å². The number of rotatable bonds is 7. The van der Waals surface area contributed by atoms with Gasteiger partial charge in [-0.2, -0.15) is 0 Å². The molecule has 0 bridgehead atoms. The zero-order valence-corrected chi connectivity index (χ0v) is 18.2. The highest BCUT2D eigenvalue weighted by Gasteiger charge is 2.46. The molecular weight excluding hydrogens is 429 g/mol. The lowest BCUT2D eigenvalue weighted by molar-refractivity contribution is -0.123. The van der Waals surface area contributed by atoms with E-state index in [0.717, 1.165) is 6.42 Å². The third kappa shape index (κ3) is 5.73. The summed E-state index contributed by atoms with van der Waals surface area (Å²) in [7, 11) is 0. The van der Waals surface area contributed by atoms with Crippen LogP contribution in [0, 0.1) is 11.2 Å². The summed E-state index contributed by atoms with van der Waals surface area (Å²) in [6.45, 7) is 6.15. The number of hydrogen-bond acceptors (Lipinski definition) is 5. The van der Waals surface area contributed by atoms with Crippen LogP contribution < -0.4 is 16.4 Å². The summed E-state index contributed by atoms with van der Waals surface area (Å²) in [6.07, 6.45) is 0.0985. The Morgan fingerprint density at radius 2 is 2.11 bits per heavy atom. The lowest BCUT2D eigenvalue weighted by Gasteiger charge is -2.27. The molecular formula is C20H31BrFN3O3. The Morgan fingerprint density at radius 1 is 1.43 bits per heavy atom. The number of carbonyl (C=O) groups excluding carboxylic acids is 1. The Bertz CT molecular complexity index is 683. The molecule has 8 heteroatoms. The molecule has 6 N–H and O–H groups in total. The molecule has 1 heterocycles. The van der Waals surface area contributed by atoms with Crippen LogP contribution >= 0.6 is 15.9 Å². The van der Waals surface area contributed by atoms with Crippen molar-refractivity contribution in [3.63, 3.8) is 0 Å². The van der Waals surface area contributed by atoms with Crippen LogP contribution in [-0.2, 0) is 4.79 Å². The molecule has 158 valence electrons. The van der Waals surface area contributed by atoms with Crippen LogP contribution in [0.2, 0.25) is 0 Å². The monoisotopic (exact) mass is 459 g/mol. The van der Waals surface area contributed by atoms with Crippen LogP contribution in [-0.4, -0.2) is 53.5 Å². The standard InChI is InChI=1S/C20H31BrFN3O3/c1-20(2,3)9-14-17(23)15(12-5-4-6-13(21)16(12)22)18(25-14)19(28)24-8-7-11(27)10-26/h4-6,11,14-15,17-18,25-27H,7-10,23H2,1-3H3,(H,24,28)/t11-,14-,15+,17?,18+/m0/s1. The molecule has 1 saturated heterocycles. The molecule has 0 aliphatic carbocycles. The summed E-state index contributed by atoms with van der Waals surface area (Å²) < 4.78 is 15.1. The third-order valence-corrected chi connectivity index (χ3v) is 5.69. The number of aliphatic hydroxyl groups is 2. The summed E-state index contributed by atoms with van der Waals surface area (Å²) in [6, 6.07) is 3.77. The second-order valence-corrected chi connectivity index (χ2v) is 9.53. The van der Waals surface area contributed by atoms with E-state index in [1.54, 1.807) is 18.2 Å². The van der Waals surface area contributed by atoms with Gasteiger partial charge in [-0.25, -0.2) is 4.39 Å². The first-order valence-corrected chi connectivity index (χ1v) is 10.4. The number of nitrogens with two attached hydrogens (primary N) is 1. The van der Waals surface area contributed by atoms with Crippen molar-refractivity contribution >= 4 is 21.8 Å². The molecule has 28 heavy (non-hydrogen) atoms. The van der Waals surface area contributed by atoms with Crippen molar-refractivity contribution in [2.45, 2.75) is 63.8 Å². The van der Waals surface area contributed by atoms with Crippen molar-refractivity contribution < 1.29 is 19.4 Å². The van der Waals surface area contributed by atoms with Crippen molar-refractivity contribution in [1.82, 2.24) is 10.6 Å². The fourth-order valence-corrected chi connectivity index (χ4v) is 4.12. The number of benzene rings is 1. The zero-order valence-electron chi connectivity index (χ0n) is 16.6. The van der Waals surface area contributed by atoms with Gasteiger partial charge in [0.25, 0.3) is 0 Å². The van der Waals surface area contributed by atoms with Crippen molar-refractivity contribution in [3.05, 3.63) is 34.1 Å². The normalized spacial score (nSPS) is 26.3. The molecule has 1 aromatic carbocycles. The van der Waals surface area contributed by atoms with Crippen LogP contribution in [0.3, 0.4) is 0 Å². The third-order valence-electron chi connectivity index (χ3n) is 5.07. The van der Waals surface area contributed by atoms with Crippen molar-refractivity contribution in [2.75, 3.05) is 13.2 Å². The number of nitrogens with one attached hydrogen (secondary N) is 2. The molecule has 0 saturated carbocycles. The van der Waals surface area contributed by atoms with Crippen LogP contribution in [0.1, 0.15) is 45.1 Å². The highest BCUT2D eigenvalue weighted by atomic mass is 79.9. The molecule has 1 unspecified atom stereocenters. The predicted molar refractivity (Wildman–Crippen MR) is 110 cm³/mol. The van der Waals surface area contributed by atoms with E-state index in [4.69, 9.17) is 10.8 Å². The van der Waals surface area contributed by atoms with Crippen LogP contribution in [0.4, 0.5) is 4.39 Å². The number of halogens is 2. The quantitative estimate of drug-likeness (QED) is 0.425. The minimum Gasteiger partial charge on any atom is -0.394 e. The van der Waals surface area contributed by atoms with Gasteiger partial charge in [-0.1, -0.05) is 32.9 Å². The predicted octanol–water partition coefficient (Wildman–Crippen LogP) is 1.64. The minimum atomic E-state index is -0.883. The maximum absolute atomic E-state index is 14.8.